The number of anilines is 2. The van der Waals surface area contributed by atoms with Crippen molar-refractivity contribution in [2.75, 3.05) is 22.5 Å². The number of fused-ring (bicyclic) bond motifs is 2. The third kappa shape index (κ3) is 3.54. The van der Waals surface area contributed by atoms with E-state index in [2.05, 4.69) is 5.32 Å². The average Bonchev–Trinajstić information content (AvgIpc) is 3.35. The van der Waals surface area contributed by atoms with Gasteiger partial charge < -0.3 is 10.2 Å². The first kappa shape index (κ1) is 21.5. The monoisotopic (exact) mass is 465 g/mol. The molecule has 2 aliphatic rings. The fourth-order valence-corrected chi connectivity index (χ4v) is 5.83. The Morgan fingerprint density at radius 2 is 1.82 bits per heavy atom. The van der Waals surface area contributed by atoms with Crippen LogP contribution in [0, 0.1) is 18.6 Å². The third-order valence-electron chi connectivity index (χ3n) is 5.97. The summed E-state index contributed by atoms with van der Waals surface area (Å²) in [7, 11) is 0. The summed E-state index contributed by atoms with van der Waals surface area (Å²) in [5, 5.41) is 2.90. The van der Waals surface area contributed by atoms with Crippen LogP contribution in [0.1, 0.15) is 16.7 Å². The first-order valence-electron chi connectivity index (χ1n) is 10.5. The number of benzene rings is 3. The molecule has 3 aromatic rings. The maximum Gasteiger partial charge on any atom is 0.323 e. The smallest absolute Gasteiger partial charge is 0.308 e. The molecule has 168 valence electrons. The topological polar surface area (TPSA) is 52.7 Å². The van der Waals surface area contributed by atoms with Crippen LogP contribution in [0.5, 0.6) is 0 Å². The van der Waals surface area contributed by atoms with Gasteiger partial charge in [0.05, 0.1) is 12.2 Å². The predicted octanol–water partition coefficient (Wildman–Crippen LogP) is 5.25. The number of rotatable bonds is 3. The summed E-state index contributed by atoms with van der Waals surface area (Å²) in [5.41, 5.74) is 3.57. The van der Waals surface area contributed by atoms with Gasteiger partial charge in [0, 0.05) is 23.5 Å². The van der Waals surface area contributed by atoms with Crippen molar-refractivity contribution in [2.45, 2.75) is 18.3 Å². The molecular weight excluding hydrogens is 444 g/mol. The molecule has 1 fully saturated rings. The van der Waals surface area contributed by atoms with Crippen molar-refractivity contribution in [3.8, 4) is 0 Å². The van der Waals surface area contributed by atoms with E-state index in [4.69, 9.17) is 0 Å². The number of halogens is 2. The second-order valence-corrected chi connectivity index (χ2v) is 9.38. The highest BCUT2D eigenvalue weighted by atomic mass is 32.2. The highest BCUT2D eigenvalue weighted by molar-refractivity contribution is 8.01. The third-order valence-corrected chi connectivity index (χ3v) is 7.39. The Labute approximate surface area is 194 Å². The summed E-state index contributed by atoms with van der Waals surface area (Å²) < 4.78 is 27.2. The van der Waals surface area contributed by atoms with Crippen LogP contribution < -0.4 is 10.2 Å². The fourth-order valence-electron chi connectivity index (χ4n) is 4.37. The number of hydrogen-bond donors (Lipinski definition) is 1. The van der Waals surface area contributed by atoms with Crippen LogP contribution in [0.3, 0.4) is 0 Å². The number of carbonyl (C=O) groups excluding carboxylic acids is 2. The fraction of sp³-hybridized carbons (Fsp3) is 0.200. The first-order valence-corrected chi connectivity index (χ1v) is 11.5. The molecule has 2 aliphatic heterocycles. The molecule has 1 N–H and O–H groups in total. The molecule has 5 rings (SSSR count). The van der Waals surface area contributed by atoms with E-state index in [-0.39, 0.29) is 18.5 Å². The molecule has 1 saturated heterocycles. The Bertz CT molecular complexity index is 1250. The maximum atomic E-state index is 13.9. The summed E-state index contributed by atoms with van der Waals surface area (Å²) in [6, 6.07) is 18.0. The molecule has 3 aromatic carbocycles. The number of nitrogens with zero attached hydrogens (tertiary/aromatic N) is 2. The molecule has 33 heavy (non-hydrogen) atoms. The van der Waals surface area contributed by atoms with Gasteiger partial charge in [0.15, 0.2) is 16.5 Å². The number of nitrogens with one attached hydrogen (secondary N) is 1. The van der Waals surface area contributed by atoms with Gasteiger partial charge in [-0.25, -0.2) is 13.6 Å². The van der Waals surface area contributed by atoms with E-state index in [1.54, 1.807) is 9.80 Å². The highest BCUT2D eigenvalue weighted by Gasteiger charge is 2.59. The first-order chi connectivity index (χ1) is 15.9. The van der Waals surface area contributed by atoms with Crippen molar-refractivity contribution in [1.29, 1.82) is 0 Å². The second kappa shape index (κ2) is 8.19. The van der Waals surface area contributed by atoms with Gasteiger partial charge in [-0.15, -0.1) is 11.8 Å². The molecule has 1 spiro atoms. The Kier molecular flexibility index (Phi) is 5.32. The second-order valence-electron chi connectivity index (χ2n) is 8.10. The summed E-state index contributed by atoms with van der Waals surface area (Å²) in [4.78, 5) is 29.1. The van der Waals surface area contributed by atoms with Crippen LogP contribution in [0.15, 0.2) is 66.7 Å². The SMILES string of the molecule is Cc1ccc(NC(=O)N2CCSC23C(=O)N(Cc2ccc(F)c(F)c2)c2ccccc23)cc1. The Hall–Kier alpha value is -3.39. The van der Waals surface area contributed by atoms with Crippen molar-refractivity contribution in [1.82, 2.24) is 4.90 Å². The molecule has 0 bridgehead atoms. The highest BCUT2D eigenvalue weighted by Crippen LogP contribution is 2.54. The molecule has 1 atom stereocenters. The normalized spacial score (nSPS) is 19.3. The van der Waals surface area contributed by atoms with Gasteiger partial charge in [-0.1, -0.05) is 42.0 Å². The van der Waals surface area contributed by atoms with Crippen molar-refractivity contribution >= 4 is 35.1 Å². The summed E-state index contributed by atoms with van der Waals surface area (Å²) in [6.07, 6.45) is 0. The van der Waals surface area contributed by atoms with Gasteiger partial charge in [-0.05, 0) is 42.8 Å². The minimum atomic E-state index is -1.20. The van der Waals surface area contributed by atoms with E-state index < -0.39 is 16.5 Å². The molecule has 0 aromatic heterocycles. The van der Waals surface area contributed by atoms with E-state index >= 15 is 0 Å². The van der Waals surface area contributed by atoms with E-state index in [1.807, 2.05) is 55.5 Å². The standard InChI is InChI=1S/C25H21F2N3O2S/c1-16-6-9-18(10-7-16)28-24(32)30-12-13-33-25(30)19-4-2-3-5-22(19)29(23(25)31)15-17-8-11-20(26)21(27)14-17/h2-11,14H,12-13,15H2,1H3,(H,28,32). The lowest BCUT2D eigenvalue weighted by Crippen LogP contribution is -2.51. The Balaban J connectivity index is 1.49. The van der Waals surface area contributed by atoms with Gasteiger partial charge in [0.1, 0.15) is 0 Å². The molecule has 1 unspecified atom stereocenters. The Morgan fingerprint density at radius 1 is 1.06 bits per heavy atom. The summed E-state index contributed by atoms with van der Waals surface area (Å²) >= 11 is 1.41. The zero-order valence-corrected chi connectivity index (χ0v) is 18.7. The number of thioether (sulfide) groups is 1. The lowest BCUT2D eigenvalue weighted by molar-refractivity contribution is -0.123. The van der Waals surface area contributed by atoms with E-state index in [0.29, 0.717) is 29.2 Å². The van der Waals surface area contributed by atoms with Gasteiger partial charge in [0.2, 0.25) is 0 Å². The van der Waals surface area contributed by atoms with Gasteiger partial charge >= 0.3 is 6.03 Å². The molecule has 0 aliphatic carbocycles. The number of hydrogen-bond acceptors (Lipinski definition) is 3. The number of aryl methyl sites for hydroxylation is 1. The van der Waals surface area contributed by atoms with Crippen LogP contribution >= 0.6 is 11.8 Å². The van der Waals surface area contributed by atoms with Crippen molar-refractivity contribution in [2.24, 2.45) is 0 Å². The maximum absolute atomic E-state index is 13.9. The number of amides is 3. The summed E-state index contributed by atoms with van der Waals surface area (Å²) in [6.45, 7) is 2.44. The molecule has 5 nitrogen and oxygen atoms in total. The largest absolute Gasteiger partial charge is 0.323 e. The van der Waals surface area contributed by atoms with E-state index in [9.17, 15) is 18.4 Å². The molecular formula is C25H21F2N3O2S. The molecule has 8 heteroatoms. The summed E-state index contributed by atoms with van der Waals surface area (Å²) in [5.74, 6) is -1.57. The molecule has 2 heterocycles. The van der Waals surface area contributed by atoms with Crippen LogP contribution in [0.25, 0.3) is 0 Å². The Morgan fingerprint density at radius 3 is 2.58 bits per heavy atom. The number of para-hydroxylation sites is 1. The van der Waals surface area contributed by atoms with Crippen LogP contribution in [-0.2, 0) is 16.2 Å². The molecule has 0 saturated carbocycles. The zero-order chi connectivity index (χ0) is 23.2. The predicted molar refractivity (Wildman–Crippen MR) is 125 cm³/mol. The molecule has 0 radical (unpaired) electrons. The lowest BCUT2D eigenvalue weighted by Gasteiger charge is -2.33. The number of urea groups is 1. The van der Waals surface area contributed by atoms with E-state index in [0.717, 1.165) is 23.3 Å². The molecule has 3 amide bonds. The average molecular weight is 466 g/mol. The van der Waals surface area contributed by atoms with Crippen molar-refractivity contribution < 1.29 is 18.4 Å². The quantitative estimate of drug-likeness (QED) is 0.575. The van der Waals surface area contributed by atoms with Crippen molar-refractivity contribution in [3.05, 3.63) is 95.1 Å². The van der Waals surface area contributed by atoms with Crippen LogP contribution in [0.4, 0.5) is 25.0 Å². The zero-order valence-electron chi connectivity index (χ0n) is 17.8. The number of carbonyl (C=O) groups is 2. The van der Waals surface area contributed by atoms with Crippen LogP contribution in [-0.4, -0.2) is 29.1 Å². The minimum Gasteiger partial charge on any atom is -0.308 e. The van der Waals surface area contributed by atoms with Crippen molar-refractivity contribution in [3.63, 3.8) is 0 Å². The van der Waals surface area contributed by atoms with Gasteiger partial charge in [-0.2, -0.15) is 0 Å². The van der Waals surface area contributed by atoms with E-state index in [1.165, 1.54) is 17.8 Å². The minimum absolute atomic E-state index is 0.0722. The lowest BCUT2D eigenvalue weighted by atomic mass is 10.1. The van der Waals surface area contributed by atoms with Crippen LogP contribution in [0.2, 0.25) is 0 Å². The van der Waals surface area contributed by atoms with Gasteiger partial charge in [0.25, 0.3) is 5.91 Å². The van der Waals surface area contributed by atoms with Gasteiger partial charge in [-0.3, -0.25) is 9.69 Å².